The number of hydrogen-bond donors (Lipinski definition) is 0. The number of carbonyl (C=O) groups is 1. The van der Waals surface area contributed by atoms with Crippen molar-refractivity contribution in [3.8, 4) is 5.75 Å². The molecule has 9 rings (SSSR count). The minimum Gasteiger partial charge on any atom is -1.00 e. The third-order valence-electron chi connectivity index (χ3n) is 19.5. The molecule has 15 heteroatoms. The number of halogens is 5. The Balaban J connectivity index is -0.000000368. The molecule has 6 aromatic carbocycles. The molecule has 0 radical (unpaired) electrons. The first-order valence-corrected chi connectivity index (χ1v) is 34.4. The van der Waals surface area contributed by atoms with Crippen LogP contribution in [0.3, 0.4) is 0 Å². The van der Waals surface area contributed by atoms with E-state index in [1.807, 2.05) is 42.5 Å². The van der Waals surface area contributed by atoms with Gasteiger partial charge in [-0.2, -0.15) is 0 Å². The van der Waals surface area contributed by atoms with Gasteiger partial charge in [0.25, 0.3) is 0 Å². The molecule has 3 aliphatic rings. The number of rotatable bonds is 21. The zero-order chi connectivity index (χ0) is 66.7. The van der Waals surface area contributed by atoms with Crippen molar-refractivity contribution < 1.29 is 178 Å². The van der Waals surface area contributed by atoms with E-state index in [1.165, 1.54) is 129 Å². The molecule has 0 unspecified atom stereocenters. The molecule has 1 aliphatic heterocycles. The van der Waals surface area contributed by atoms with Crippen LogP contribution in [0.5, 0.6) is 5.75 Å². The molecule has 0 amide bonds. The van der Waals surface area contributed by atoms with Gasteiger partial charge in [0.1, 0.15) is 52.2 Å². The summed E-state index contributed by atoms with van der Waals surface area (Å²) < 4.78 is 23.3. The van der Waals surface area contributed by atoms with E-state index in [2.05, 4.69) is 253 Å². The second kappa shape index (κ2) is 51.6. The maximum Gasteiger partial charge on any atom is 2.00 e. The van der Waals surface area contributed by atoms with Gasteiger partial charge in [-0.3, -0.25) is 0 Å². The third-order valence-corrected chi connectivity index (χ3v) is 19.5. The van der Waals surface area contributed by atoms with Gasteiger partial charge in [0, 0.05) is 35.6 Å². The number of carbonyl (C=O) groups excluding carboxylic acids is 1. The standard InChI is InChI=1S/C26H40NO2.C16H20NO2.C13H22N.C12H16N.C9H20N.C5H10.2CH3.Fe.5HI/c1-25(2,3)26(4,5)23-13-15-24(16-14-23)29-20-19-28-18-17-27(6,7)21-22-11-9-8-10-12-22;1-17(2,3)11-12-19-16(18)15-10-6-8-13-7-4-5-9-14(13)15;1-4-14(5-2,6-3)12-13-10-8-7-9-11-13;1-9-12(2,3)10-7-5-6-8-11(10)13(9)4;1-10(2,3)8-9-6-4-5-7-9;1-2-4-5-3-1;;;;;;;;/h8-16H,17-21H2,1-7H3;4-10H,11-12H2,1-3H3;7-11H,4-6,12H2,1-3H3;5-8H,1-4H3;9H,4-8H2,1-3H3;1-5H2;2*1H3;;5*1H/q5*+1;;2*-1;+2;;;;;/p-5. The molecule has 1 heterocycles. The van der Waals surface area contributed by atoms with Crippen molar-refractivity contribution >= 4 is 28.1 Å². The molecule has 0 bridgehead atoms. The molecule has 2 aliphatic carbocycles. The zero-order valence-corrected chi connectivity index (χ0v) is 76.9. The Morgan fingerprint density at radius 3 is 1.49 bits per heavy atom. The summed E-state index contributed by atoms with van der Waals surface area (Å²) in [5.74, 6) is 1.69. The Morgan fingerprint density at radius 1 is 0.541 bits per heavy atom. The van der Waals surface area contributed by atoms with Crippen LogP contribution in [-0.4, -0.2) is 163 Å². The van der Waals surface area contributed by atoms with Crippen molar-refractivity contribution in [1.82, 2.24) is 0 Å². The summed E-state index contributed by atoms with van der Waals surface area (Å²) in [6.45, 7) is 36.5. The van der Waals surface area contributed by atoms with Crippen LogP contribution in [0, 0.1) is 26.2 Å². The Kier molecular flexibility index (Phi) is 55.4. The van der Waals surface area contributed by atoms with Crippen LogP contribution < -0.4 is 125 Å². The number of hydrogen-bond acceptors (Lipinski definition) is 4. The summed E-state index contributed by atoms with van der Waals surface area (Å²) in [4.78, 5) is 12.1. The van der Waals surface area contributed by atoms with Gasteiger partial charge in [-0.15, -0.1) is 0 Å². The Hall–Kier alpha value is -1.51. The summed E-state index contributed by atoms with van der Waals surface area (Å²) in [5.41, 5.74) is 9.53. The number of likely N-dealkylation sites (N-methyl/N-ethyl adjacent to an activating group) is 2. The number of esters is 1. The average Bonchev–Trinajstić information content (AvgIpc) is 1.58. The second-order valence-corrected chi connectivity index (χ2v) is 30.5. The average molecular weight is 1960 g/mol. The summed E-state index contributed by atoms with van der Waals surface area (Å²) in [7, 11) is 19.7. The topological polar surface area (TPSA) is 47.8 Å². The first-order chi connectivity index (χ1) is 42.4. The van der Waals surface area contributed by atoms with E-state index >= 15 is 0 Å². The molecule has 98 heavy (non-hydrogen) atoms. The number of quaternary nitrogens is 4. The fourth-order valence-corrected chi connectivity index (χ4v) is 12.0. The number of ether oxygens (including phenoxy) is 3. The van der Waals surface area contributed by atoms with Gasteiger partial charge in [-0.1, -0.05) is 207 Å². The van der Waals surface area contributed by atoms with Crippen molar-refractivity contribution in [2.75, 3.05) is 129 Å². The van der Waals surface area contributed by atoms with Crippen LogP contribution in [-0.2, 0) is 50.5 Å². The number of fused-ring (bicyclic) bond motifs is 2. The molecular formula is C83H134FeI5N5O4. The first kappa shape index (κ1) is 105. The SMILES string of the molecule is C1CCCC1.CC(C)(C)C(C)(C)c1ccc(OCCOCC[N+](C)(C)Cc2ccccc2)cc1.CC1=[N+](C)c2ccccc2C1(C)C.CC[N+](CC)(CC)Cc1ccccc1.C[N+](C)(C)CC1CCCC1.C[N+](C)(C)CCOC(=O)c1cccc2ccccc12.[CH3-].[CH3-].[Fe+2].[I-].[I-].[I-].[I-].[I-]. The van der Waals surface area contributed by atoms with Crippen LogP contribution in [0.2, 0.25) is 0 Å². The maximum absolute atomic E-state index is 12.1. The fraction of sp³-hybridized carbons (Fsp3) is 0.542. The van der Waals surface area contributed by atoms with Crippen molar-refractivity contribution in [3.05, 3.63) is 194 Å². The van der Waals surface area contributed by atoms with Crippen LogP contribution in [0.4, 0.5) is 5.69 Å². The van der Waals surface area contributed by atoms with Crippen LogP contribution in [0.15, 0.2) is 152 Å². The van der Waals surface area contributed by atoms with E-state index in [4.69, 9.17) is 14.2 Å². The second-order valence-electron chi connectivity index (χ2n) is 30.5. The molecule has 9 nitrogen and oxygen atoms in total. The fourth-order valence-electron chi connectivity index (χ4n) is 12.0. The van der Waals surface area contributed by atoms with Gasteiger partial charge in [0.2, 0.25) is 5.69 Å². The molecular weight excluding hydrogens is 1820 g/mol. The Bertz CT molecular complexity index is 3020. The summed E-state index contributed by atoms with van der Waals surface area (Å²) in [5, 5.41) is 2.00. The zero-order valence-electron chi connectivity index (χ0n) is 65.0. The minimum atomic E-state index is -0.245. The molecule has 0 N–H and O–H groups in total. The van der Waals surface area contributed by atoms with Crippen molar-refractivity contribution in [2.45, 2.75) is 158 Å². The smallest absolute Gasteiger partial charge is 1.00 e. The number of nitrogens with zero attached hydrogens (tertiary/aromatic N) is 5. The first-order valence-electron chi connectivity index (χ1n) is 34.4. The number of para-hydroxylation sites is 1. The normalized spacial score (nSPS) is 13.7. The molecule has 0 saturated heterocycles. The molecule has 2 saturated carbocycles. The van der Waals surface area contributed by atoms with Crippen molar-refractivity contribution in [1.29, 1.82) is 0 Å². The van der Waals surface area contributed by atoms with Gasteiger partial charge in [-0.05, 0) is 92.8 Å². The summed E-state index contributed by atoms with van der Waals surface area (Å²) >= 11 is 0. The molecule has 0 spiro atoms. The Labute approximate surface area is 697 Å². The largest absolute Gasteiger partial charge is 2.00 e. The quantitative estimate of drug-likeness (QED) is 0.0209. The molecule has 2 fully saturated rings. The number of benzene rings is 6. The predicted octanol–water partition coefficient (Wildman–Crippen LogP) is 3.91. The van der Waals surface area contributed by atoms with Crippen LogP contribution in [0.1, 0.15) is 167 Å². The Morgan fingerprint density at radius 2 is 1.01 bits per heavy atom. The van der Waals surface area contributed by atoms with Gasteiger partial charge in [-0.25, -0.2) is 9.37 Å². The van der Waals surface area contributed by atoms with Gasteiger partial charge in [0.15, 0.2) is 5.71 Å². The minimum absolute atomic E-state index is 0. The molecule has 0 atom stereocenters. The van der Waals surface area contributed by atoms with E-state index in [-0.39, 0.29) is 174 Å². The monoisotopic (exact) mass is 1960 g/mol. The summed E-state index contributed by atoms with van der Waals surface area (Å²) in [6, 6.07) is 52.1. The van der Waals surface area contributed by atoms with Crippen LogP contribution >= 0.6 is 0 Å². The van der Waals surface area contributed by atoms with E-state index in [0.29, 0.717) is 25.4 Å². The van der Waals surface area contributed by atoms with Gasteiger partial charge in [0.05, 0.1) is 107 Å². The van der Waals surface area contributed by atoms with Crippen LogP contribution in [0.25, 0.3) is 10.8 Å². The van der Waals surface area contributed by atoms with Gasteiger partial charge < -0.3 is 167 Å². The van der Waals surface area contributed by atoms with E-state index < -0.39 is 0 Å². The molecule has 558 valence electrons. The van der Waals surface area contributed by atoms with Gasteiger partial charge >= 0.3 is 23.0 Å². The van der Waals surface area contributed by atoms with E-state index in [1.54, 1.807) is 0 Å². The van der Waals surface area contributed by atoms with E-state index in [9.17, 15) is 4.79 Å². The predicted molar refractivity (Wildman–Crippen MR) is 398 cm³/mol. The summed E-state index contributed by atoms with van der Waals surface area (Å²) in [6.07, 6.45) is 13.4. The maximum atomic E-state index is 12.1. The van der Waals surface area contributed by atoms with E-state index in [0.717, 1.165) is 62.1 Å². The third kappa shape index (κ3) is 37.5. The molecule has 0 aromatic heterocycles. The van der Waals surface area contributed by atoms with Crippen molar-refractivity contribution in [2.24, 2.45) is 11.3 Å². The molecule has 6 aromatic rings. The van der Waals surface area contributed by atoms with Crippen molar-refractivity contribution in [3.63, 3.8) is 0 Å².